The second kappa shape index (κ2) is 11.9. The maximum atomic E-state index is 13.9. The molecule has 208 valence electrons. The molecule has 0 fully saturated rings. The van der Waals surface area contributed by atoms with E-state index < -0.39 is 59.1 Å². The Bertz CT molecular complexity index is 1300. The van der Waals surface area contributed by atoms with Gasteiger partial charge >= 0.3 is 0 Å². The van der Waals surface area contributed by atoms with E-state index in [9.17, 15) is 28.2 Å². The van der Waals surface area contributed by atoms with E-state index in [4.69, 9.17) is 25.8 Å². The van der Waals surface area contributed by atoms with Crippen LogP contribution in [0.3, 0.4) is 0 Å². The number of amides is 2. The first kappa shape index (κ1) is 29.7. The molecule has 0 aromatic heterocycles. The van der Waals surface area contributed by atoms with E-state index in [1.807, 2.05) is 4.72 Å². The number of methoxy groups -OCH3 is 2. The van der Waals surface area contributed by atoms with Gasteiger partial charge in [0.25, 0.3) is 5.91 Å². The van der Waals surface area contributed by atoms with Crippen LogP contribution in [0.25, 0.3) is 0 Å². The number of sulfonamides is 1. The van der Waals surface area contributed by atoms with Crippen molar-refractivity contribution in [1.29, 1.82) is 0 Å². The van der Waals surface area contributed by atoms with Gasteiger partial charge in [-0.15, -0.1) is 0 Å². The minimum atomic E-state index is -3.90. The van der Waals surface area contributed by atoms with Crippen LogP contribution in [0.1, 0.15) is 30.6 Å². The molecule has 0 saturated carbocycles. The van der Waals surface area contributed by atoms with Gasteiger partial charge in [0.05, 0.1) is 40.1 Å². The highest BCUT2D eigenvalue weighted by Crippen LogP contribution is 2.45. The molecule has 1 aliphatic rings. The van der Waals surface area contributed by atoms with Gasteiger partial charge in [0.2, 0.25) is 15.9 Å². The average Bonchev–Trinajstić information content (AvgIpc) is 2.97. The zero-order chi connectivity index (χ0) is 28.3. The van der Waals surface area contributed by atoms with Crippen molar-refractivity contribution in [1.82, 2.24) is 4.72 Å². The number of benzene rings is 2. The molecule has 2 atom stereocenters. The van der Waals surface area contributed by atoms with Crippen LogP contribution in [-0.2, 0) is 24.3 Å². The highest BCUT2D eigenvalue weighted by molar-refractivity contribution is 7.89. The first-order chi connectivity index (χ1) is 17.9. The highest BCUT2D eigenvalue weighted by Gasteiger charge is 2.41. The number of para-hydroxylation sites is 1. The molecule has 0 saturated heterocycles. The zero-order valence-electron chi connectivity index (χ0n) is 21.4. The topological polar surface area (TPSA) is 152 Å². The minimum Gasteiger partial charge on any atom is -0.493 e. The number of nitrogens with zero attached hydrogens (tertiary/aromatic N) is 1. The van der Waals surface area contributed by atoms with Gasteiger partial charge in [0, 0.05) is 33.8 Å². The second-order valence-corrected chi connectivity index (χ2v) is 11.5. The van der Waals surface area contributed by atoms with Gasteiger partial charge in [0.1, 0.15) is 12.2 Å². The maximum absolute atomic E-state index is 13.9. The molecule has 38 heavy (non-hydrogen) atoms. The number of nitrogens with one attached hydrogen (secondary N) is 1. The van der Waals surface area contributed by atoms with Gasteiger partial charge in [-0.05, 0) is 24.3 Å². The van der Waals surface area contributed by atoms with Crippen LogP contribution in [0, 0.1) is 5.41 Å². The summed E-state index contributed by atoms with van der Waals surface area (Å²) in [6.45, 7) is 0.575. The van der Waals surface area contributed by atoms with Gasteiger partial charge in [-0.25, -0.2) is 8.42 Å². The summed E-state index contributed by atoms with van der Waals surface area (Å²) in [6, 6.07) is 9.87. The van der Waals surface area contributed by atoms with Crippen LogP contribution in [0.2, 0.25) is 5.02 Å². The molecular weight excluding hydrogens is 540 g/mol. The standard InChI is InChI=1S/C25H31ClN2O9S/c1-25(13-29,14-30)12-28-18-9-8-15(26)10-17(18)22(16-6-5-7-19(35-2)23(16)36-3)37-20(24(28)32)11-21(31)27-38(4,33)34/h5-10,20,22,29-30H,11-14H2,1-4H3,(H,27,31). The Morgan fingerprint density at radius 3 is 2.42 bits per heavy atom. The number of carbonyl (C=O) groups excluding carboxylic acids is 2. The van der Waals surface area contributed by atoms with E-state index in [0.29, 0.717) is 33.3 Å². The van der Waals surface area contributed by atoms with E-state index in [1.54, 1.807) is 43.3 Å². The van der Waals surface area contributed by atoms with Crippen molar-refractivity contribution in [2.75, 3.05) is 45.1 Å². The molecule has 2 unspecified atom stereocenters. The first-order valence-electron chi connectivity index (χ1n) is 11.6. The summed E-state index contributed by atoms with van der Waals surface area (Å²) in [4.78, 5) is 27.8. The number of carbonyl (C=O) groups is 2. The molecule has 11 nitrogen and oxygen atoms in total. The molecule has 1 heterocycles. The third-order valence-electron chi connectivity index (χ3n) is 6.09. The third kappa shape index (κ3) is 6.56. The van der Waals surface area contributed by atoms with Crippen LogP contribution < -0.4 is 19.1 Å². The van der Waals surface area contributed by atoms with E-state index in [0.717, 1.165) is 6.26 Å². The number of hydrogen-bond acceptors (Lipinski definition) is 9. The van der Waals surface area contributed by atoms with Crippen molar-refractivity contribution in [2.45, 2.75) is 25.6 Å². The number of hydrogen-bond donors (Lipinski definition) is 3. The number of halogens is 1. The van der Waals surface area contributed by atoms with E-state index in [2.05, 4.69) is 0 Å². The Kier molecular flexibility index (Phi) is 9.26. The van der Waals surface area contributed by atoms with Crippen LogP contribution in [0.15, 0.2) is 36.4 Å². The van der Waals surface area contributed by atoms with Crippen molar-refractivity contribution in [3.05, 3.63) is 52.5 Å². The smallest absolute Gasteiger partial charge is 0.256 e. The largest absolute Gasteiger partial charge is 0.493 e. The van der Waals surface area contributed by atoms with Crippen molar-refractivity contribution < 1.29 is 42.4 Å². The lowest BCUT2D eigenvalue weighted by Gasteiger charge is -2.33. The molecule has 0 aliphatic carbocycles. The lowest BCUT2D eigenvalue weighted by atomic mass is 9.91. The molecule has 2 amide bonds. The van der Waals surface area contributed by atoms with Gasteiger partial charge in [-0.1, -0.05) is 30.7 Å². The van der Waals surface area contributed by atoms with Crippen molar-refractivity contribution in [2.24, 2.45) is 5.41 Å². The van der Waals surface area contributed by atoms with E-state index >= 15 is 0 Å². The fourth-order valence-corrected chi connectivity index (χ4v) is 4.85. The Morgan fingerprint density at radius 1 is 1.16 bits per heavy atom. The summed E-state index contributed by atoms with van der Waals surface area (Å²) < 4.78 is 42.4. The molecule has 0 spiro atoms. The maximum Gasteiger partial charge on any atom is 0.256 e. The molecule has 0 bridgehead atoms. The first-order valence-corrected chi connectivity index (χ1v) is 13.8. The molecule has 3 rings (SSSR count). The summed E-state index contributed by atoms with van der Waals surface area (Å²) in [7, 11) is -0.985. The molecular formula is C25H31ClN2O9S. The summed E-state index contributed by atoms with van der Waals surface area (Å²) in [6.07, 6.45) is -2.26. The van der Waals surface area contributed by atoms with Crippen molar-refractivity contribution >= 4 is 39.1 Å². The van der Waals surface area contributed by atoms with Gasteiger partial charge < -0.3 is 29.3 Å². The Labute approximate surface area is 226 Å². The van der Waals surface area contributed by atoms with Gasteiger partial charge in [-0.2, -0.15) is 0 Å². The fourth-order valence-electron chi connectivity index (χ4n) is 4.18. The summed E-state index contributed by atoms with van der Waals surface area (Å²) >= 11 is 6.35. The Balaban J connectivity index is 2.24. The highest BCUT2D eigenvalue weighted by atomic mass is 35.5. The van der Waals surface area contributed by atoms with E-state index in [-0.39, 0.29) is 6.54 Å². The number of aliphatic hydroxyl groups is 2. The lowest BCUT2D eigenvalue weighted by molar-refractivity contribution is -0.137. The molecule has 13 heteroatoms. The Hall–Kier alpha value is -2.90. The normalized spacial score (nSPS) is 18.0. The SMILES string of the molecule is COc1cccc(C2OC(CC(=O)NS(C)(=O)=O)C(=O)N(CC(C)(CO)CO)c3ccc(Cl)cc32)c1OC. The third-order valence-corrected chi connectivity index (χ3v) is 6.93. The van der Waals surface area contributed by atoms with Gasteiger partial charge in [-0.3, -0.25) is 14.3 Å². The molecule has 2 aromatic carbocycles. The number of anilines is 1. The Morgan fingerprint density at radius 2 is 1.84 bits per heavy atom. The van der Waals surface area contributed by atoms with Crippen LogP contribution in [0.5, 0.6) is 11.5 Å². The molecule has 2 aromatic rings. The second-order valence-electron chi connectivity index (χ2n) is 9.34. The van der Waals surface area contributed by atoms with E-state index in [1.165, 1.54) is 19.1 Å². The number of rotatable bonds is 10. The van der Waals surface area contributed by atoms with Crippen LogP contribution in [-0.4, -0.2) is 76.8 Å². The quantitative estimate of drug-likeness (QED) is 0.387. The predicted octanol–water partition coefficient (Wildman–Crippen LogP) is 1.64. The molecule has 0 radical (unpaired) electrons. The monoisotopic (exact) mass is 570 g/mol. The van der Waals surface area contributed by atoms with Crippen LogP contribution >= 0.6 is 11.6 Å². The molecule has 3 N–H and O–H groups in total. The molecule has 1 aliphatic heterocycles. The van der Waals surface area contributed by atoms with Crippen molar-refractivity contribution in [3.8, 4) is 11.5 Å². The lowest BCUT2D eigenvalue weighted by Crippen LogP contribution is -2.48. The summed E-state index contributed by atoms with van der Waals surface area (Å²) in [5.74, 6) is -0.904. The summed E-state index contributed by atoms with van der Waals surface area (Å²) in [5, 5.41) is 20.2. The summed E-state index contributed by atoms with van der Waals surface area (Å²) in [5.41, 5.74) is 0.167. The number of ether oxygens (including phenoxy) is 3. The number of fused-ring (bicyclic) bond motifs is 1. The predicted molar refractivity (Wildman–Crippen MR) is 140 cm³/mol. The van der Waals surface area contributed by atoms with Crippen LogP contribution in [0.4, 0.5) is 5.69 Å². The van der Waals surface area contributed by atoms with Crippen molar-refractivity contribution in [3.63, 3.8) is 0 Å². The van der Waals surface area contributed by atoms with Gasteiger partial charge in [0.15, 0.2) is 11.5 Å². The minimum absolute atomic E-state index is 0.136. The zero-order valence-corrected chi connectivity index (χ0v) is 23.0. The average molecular weight is 571 g/mol. The fraction of sp³-hybridized carbons (Fsp3) is 0.440. The number of aliphatic hydroxyl groups excluding tert-OH is 2.